The SMILES string of the molecule is Cc1cc(C(=O)N2CCNCC2C)nc2ccccc12. The summed E-state index contributed by atoms with van der Waals surface area (Å²) in [6, 6.07) is 10.1. The lowest BCUT2D eigenvalue weighted by Gasteiger charge is -2.33. The molecule has 20 heavy (non-hydrogen) atoms. The Labute approximate surface area is 118 Å². The largest absolute Gasteiger partial charge is 0.332 e. The van der Waals surface area contributed by atoms with Gasteiger partial charge in [0.15, 0.2) is 0 Å². The molecule has 2 heterocycles. The van der Waals surface area contributed by atoms with Crippen molar-refractivity contribution in [2.24, 2.45) is 0 Å². The zero-order valence-corrected chi connectivity index (χ0v) is 11.9. The third kappa shape index (κ3) is 2.27. The number of hydrogen-bond acceptors (Lipinski definition) is 3. The second-order valence-electron chi connectivity index (χ2n) is 5.39. The van der Waals surface area contributed by atoms with E-state index in [-0.39, 0.29) is 11.9 Å². The van der Waals surface area contributed by atoms with Gasteiger partial charge in [-0.3, -0.25) is 4.79 Å². The molecule has 1 unspecified atom stereocenters. The Balaban J connectivity index is 1.99. The molecule has 0 spiro atoms. The van der Waals surface area contributed by atoms with Gasteiger partial charge in [0.1, 0.15) is 5.69 Å². The maximum Gasteiger partial charge on any atom is 0.272 e. The summed E-state index contributed by atoms with van der Waals surface area (Å²) in [4.78, 5) is 19.1. The van der Waals surface area contributed by atoms with Crippen LogP contribution in [0.25, 0.3) is 10.9 Å². The van der Waals surface area contributed by atoms with Gasteiger partial charge < -0.3 is 10.2 Å². The Morgan fingerprint density at radius 1 is 1.40 bits per heavy atom. The van der Waals surface area contributed by atoms with Gasteiger partial charge in [-0.2, -0.15) is 0 Å². The molecule has 1 amide bonds. The number of fused-ring (bicyclic) bond motifs is 1. The molecule has 1 saturated heterocycles. The van der Waals surface area contributed by atoms with Crippen molar-refractivity contribution in [3.63, 3.8) is 0 Å². The summed E-state index contributed by atoms with van der Waals surface area (Å²) in [6.07, 6.45) is 0. The first-order valence-electron chi connectivity index (χ1n) is 7.05. The minimum absolute atomic E-state index is 0.0350. The Bertz CT molecular complexity index is 653. The Hall–Kier alpha value is -1.94. The van der Waals surface area contributed by atoms with Gasteiger partial charge in [0, 0.05) is 31.1 Å². The minimum atomic E-state index is 0.0350. The summed E-state index contributed by atoms with van der Waals surface area (Å²) in [5, 5.41) is 4.41. The van der Waals surface area contributed by atoms with Crippen LogP contribution in [-0.4, -0.2) is 41.5 Å². The first kappa shape index (κ1) is 13.1. The molecule has 1 atom stereocenters. The number of nitrogens with one attached hydrogen (secondary N) is 1. The summed E-state index contributed by atoms with van der Waals surface area (Å²) in [6.45, 7) is 6.54. The highest BCUT2D eigenvalue weighted by atomic mass is 16.2. The van der Waals surface area contributed by atoms with Crippen LogP contribution in [0.5, 0.6) is 0 Å². The van der Waals surface area contributed by atoms with Crippen LogP contribution >= 0.6 is 0 Å². The predicted octanol–water partition coefficient (Wildman–Crippen LogP) is 1.98. The summed E-state index contributed by atoms with van der Waals surface area (Å²) >= 11 is 0. The molecule has 4 nitrogen and oxygen atoms in total. The van der Waals surface area contributed by atoms with Crippen molar-refractivity contribution in [3.8, 4) is 0 Å². The van der Waals surface area contributed by atoms with E-state index in [9.17, 15) is 4.79 Å². The lowest BCUT2D eigenvalue weighted by molar-refractivity contribution is 0.0650. The van der Waals surface area contributed by atoms with Crippen LogP contribution in [0.1, 0.15) is 23.0 Å². The number of aromatic nitrogens is 1. The molecule has 1 aromatic heterocycles. The normalized spacial score (nSPS) is 19.3. The first-order chi connectivity index (χ1) is 9.66. The van der Waals surface area contributed by atoms with E-state index in [1.54, 1.807) is 0 Å². The number of pyridine rings is 1. The van der Waals surface area contributed by atoms with Crippen LogP contribution in [-0.2, 0) is 0 Å². The standard InChI is InChI=1S/C16H19N3O/c1-11-9-15(18-14-6-4-3-5-13(11)14)16(20)19-8-7-17-10-12(19)2/h3-6,9,12,17H,7-8,10H2,1-2H3. The number of nitrogens with zero attached hydrogens (tertiary/aromatic N) is 2. The lowest BCUT2D eigenvalue weighted by atomic mass is 10.1. The highest BCUT2D eigenvalue weighted by Gasteiger charge is 2.25. The van der Waals surface area contributed by atoms with E-state index in [2.05, 4.69) is 17.2 Å². The van der Waals surface area contributed by atoms with E-state index in [0.717, 1.165) is 36.1 Å². The van der Waals surface area contributed by atoms with Crippen LogP contribution in [0.3, 0.4) is 0 Å². The highest BCUT2D eigenvalue weighted by molar-refractivity contribution is 5.96. The summed E-state index contributed by atoms with van der Waals surface area (Å²) in [7, 11) is 0. The number of carbonyl (C=O) groups excluding carboxylic acids is 1. The van der Waals surface area contributed by atoms with E-state index >= 15 is 0 Å². The van der Waals surface area contributed by atoms with Crippen molar-refractivity contribution in [2.45, 2.75) is 19.9 Å². The molecule has 0 radical (unpaired) electrons. The number of piperazine rings is 1. The molecule has 104 valence electrons. The molecular formula is C16H19N3O. The fraction of sp³-hybridized carbons (Fsp3) is 0.375. The van der Waals surface area contributed by atoms with Crippen molar-refractivity contribution in [2.75, 3.05) is 19.6 Å². The van der Waals surface area contributed by atoms with Gasteiger partial charge in [0.2, 0.25) is 0 Å². The van der Waals surface area contributed by atoms with E-state index in [1.807, 2.05) is 42.2 Å². The fourth-order valence-corrected chi connectivity index (χ4v) is 2.75. The molecule has 1 aliphatic rings. The Kier molecular flexibility index (Phi) is 3.40. The first-order valence-corrected chi connectivity index (χ1v) is 7.05. The Morgan fingerprint density at radius 2 is 2.20 bits per heavy atom. The van der Waals surface area contributed by atoms with Gasteiger partial charge in [-0.15, -0.1) is 0 Å². The van der Waals surface area contributed by atoms with Crippen molar-refractivity contribution in [1.82, 2.24) is 15.2 Å². The lowest BCUT2D eigenvalue weighted by Crippen LogP contribution is -2.52. The molecule has 0 aliphatic carbocycles. The summed E-state index contributed by atoms with van der Waals surface area (Å²) in [5.41, 5.74) is 2.54. The quantitative estimate of drug-likeness (QED) is 0.861. The number of amides is 1. The molecule has 4 heteroatoms. The zero-order chi connectivity index (χ0) is 14.1. The summed E-state index contributed by atoms with van der Waals surface area (Å²) < 4.78 is 0. The number of para-hydroxylation sites is 1. The predicted molar refractivity (Wildman–Crippen MR) is 79.8 cm³/mol. The second-order valence-corrected chi connectivity index (χ2v) is 5.39. The van der Waals surface area contributed by atoms with E-state index in [1.165, 1.54) is 0 Å². The third-order valence-electron chi connectivity index (χ3n) is 3.90. The van der Waals surface area contributed by atoms with Crippen LogP contribution < -0.4 is 5.32 Å². The van der Waals surface area contributed by atoms with Gasteiger partial charge in [-0.05, 0) is 31.5 Å². The van der Waals surface area contributed by atoms with Gasteiger partial charge in [0.25, 0.3) is 5.91 Å². The molecule has 1 aliphatic heterocycles. The smallest absolute Gasteiger partial charge is 0.272 e. The van der Waals surface area contributed by atoms with E-state index in [4.69, 9.17) is 0 Å². The monoisotopic (exact) mass is 269 g/mol. The van der Waals surface area contributed by atoms with Crippen molar-refractivity contribution in [1.29, 1.82) is 0 Å². The molecule has 1 aromatic carbocycles. The Morgan fingerprint density at radius 3 is 3.00 bits per heavy atom. The molecule has 0 bridgehead atoms. The van der Waals surface area contributed by atoms with Crippen LogP contribution in [0, 0.1) is 6.92 Å². The van der Waals surface area contributed by atoms with Gasteiger partial charge >= 0.3 is 0 Å². The molecule has 2 aromatic rings. The molecule has 1 fully saturated rings. The number of carbonyl (C=O) groups is 1. The topological polar surface area (TPSA) is 45.2 Å². The van der Waals surface area contributed by atoms with Crippen LogP contribution in [0.15, 0.2) is 30.3 Å². The van der Waals surface area contributed by atoms with Crippen LogP contribution in [0.4, 0.5) is 0 Å². The second kappa shape index (κ2) is 5.21. The van der Waals surface area contributed by atoms with Gasteiger partial charge in [0.05, 0.1) is 5.52 Å². The maximum atomic E-state index is 12.6. The van der Waals surface area contributed by atoms with E-state index < -0.39 is 0 Å². The maximum absolute atomic E-state index is 12.6. The highest BCUT2D eigenvalue weighted by Crippen LogP contribution is 2.19. The number of benzene rings is 1. The minimum Gasteiger partial charge on any atom is -0.332 e. The molecule has 0 saturated carbocycles. The van der Waals surface area contributed by atoms with Crippen molar-refractivity contribution < 1.29 is 4.79 Å². The molecule has 3 rings (SSSR count). The average Bonchev–Trinajstić information content (AvgIpc) is 2.47. The number of rotatable bonds is 1. The third-order valence-corrected chi connectivity index (χ3v) is 3.90. The average molecular weight is 269 g/mol. The molecule has 1 N–H and O–H groups in total. The van der Waals surface area contributed by atoms with E-state index in [0.29, 0.717) is 5.69 Å². The van der Waals surface area contributed by atoms with Crippen molar-refractivity contribution >= 4 is 16.8 Å². The van der Waals surface area contributed by atoms with Gasteiger partial charge in [-0.25, -0.2) is 4.98 Å². The zero-order valence-electron chi connectivity index (χ0n) is 11.9. The fourth-order valence-electron chi connectivity index (χ4n) is 2.75. The number of hydrogen-bond donors (Lipinski definition) is 1. The number of aryl methyl sites for hydroxylation is 1. The molecular weight excluding hydrogens is 250 g/mol. The van der Waals surface area contributed by atoms with Crippen LogP contribution in [0.2, 0.25) is 0 Å². The van der Waals surface area contributed by atoms with Crippen molar-refractivity contribution in [3.05, 3.63) is 41.6 Å². The van der Waals surface area contributed by atoms with Gasteiger partial charge in [-0.1, -0.05) is 18.2 Å². The summed E-state index contributed by atoms with van der Waals surface area (Å²) in [5.74, 6) is 0.0350.